The highest BCUT2D eigenvalue weighted by molar-refractivity contribution is 8.14. The zero-order chi connectivity index (χ0) is 78.2. The van der Waals surface area contributed by atoms with E-state index >= 15 is 0 Å². The average molecular weight is 1570 g/mol. The lowest BCUT2D eigenvalue weighted by atomic mass is 10.2. The number of para-hydroxylation sites is 3. The predicted octanol–water partition coefficient (Wildman–Crippen LogP) is 12.5. The summed E-state index contributed by atoms with van der Waals surface area (Å²) in [6.45, 7) is 35.4. The number of Topliss-reactive ketones (excluding diaryl/α,β-unsaturated/α-hetero) is 1. The van der Waals surface area contributed by atoms with Gasteiger partial charge >= 0.3 is 11.9 Å². The number of esters is 2. The van der Waals surface area contributed by atoms with Crippen LogP contribution in [-0.2, 0) is 77.6 Å². The van der Waals surface area contributed by atoms with Crippen LogP contribution < -0.4 is 11.1 Å². The van der Waals surface area contributed by atoms with Crippen LogP contribution in [0.15, 0.2) is 158 Å². The molecule has 0 saturated carbocycles. The first-order valence-electron chi connectivity index (χ1n) is 34.2. The highest BCUT2D eigenvalue weighted by Crippen LogP contribution is 2.38. The first-order valence-corrected chi connectivity index (χ1v) is 42.3. The number of H-pyrrole nitrogens is 1. The maximum absolute atomic E-state index is 13.8. The smallest absolute Gasteiger partial charge is 0.357 e. The molecule has 4 N–H and O–H groups in total. The molecule has 3 aromatic heterocycles. The largest absolute Gasteiger partial charge is 0.461 e. The molecule has 0 bridgehead atoms. The third-order valence-electron chi connectivity index (χ3n) is 14.2. The Balaban J connectivity index is 0.000000692. The van der Waals surface area contributed by atoms with Gasteiger partial charge in [0.25, 0.3) is 35.0 Å². The summed E-state index contributed by atoms with van der Waals surface area (Å²) in [5.74, 6) is -2.82. The Morgan fingerprint density at radius 1 is 0.500 bits per heavy atom. The number of morpholine rings is 3. The number of aromatic nitrogens is 3. The van der Waals surface area contributed by atoms with Gasteiger partial charge in [-0.25, -0.2) is 59.6 Å². The lowest BCUT2D eigenvalue weighted by Gasteiger charge is -2.30. The van der Waals surface area contributed by atoms with E-state index in [9.17, 15) is 61.3 Å². The third-order valence-corrected chi connectivity index (χ3v) is 22.9. The minimum Gasteiger partial charge on any atom is -0.461 e. The SMILES string of the molecule is C.CC.CC.CC.CC.CC.CC.CC(=O)C1CNCCO1.CC1CN(S(=O)(=O)c2c(C(N)=O)[nH]c3ccccc23)CCO1.CCOC(=O)c1c(S(=O)(=O)Cl)c2ccccc2n1S(=O)(=O)c1ccccc1.CCOC(=O)c1c(S(=O)(=O)N2CCOC(C)C2)c2ccccc2n1S(=O)(=O)c1ccccc1. The quantitative estimate of drug-likeness (QED) is 0.0634. The van der Waals surface area contributed by atoms with E-state index in [1.54, 1.807) is 81.4 Å². The van der Waals surface area contributed by atoms with Crippen molar-refractivity contribution in [3.05, 3.63) is 151 Å². The van der Waals surface area contributed by atoms with Crippen molar-refractivity contribution >= 4 is 116 Å². The molecule has 6 heterocycles. The summed E-state index contributed by atoms with van der Waals surface area (Å²) in [4.78, 5) is 49.5. The number of sulfonamides is 2. The summed E-state index contributed by atoms with van der Waals surface area (Å²) in [6, 6.07) is 33.7. The van der Waals surface area contributed by atoms with Crippen LogP contribution in [-0.4, -0.2) is 178 Å². The fraction of sp³-hybridized carbons (Fsp3) is 0.444. The number of aromatic amines is 1. The maximum atomic E-state index is 13.8. The number of hydrogen-bond acceptors (Lipinski definition) is 20. The second-order valence-corrected chi connectivity index (χ2v) is 30.3. The van der Waals surface area contributed by atoms with Crippen molar-refractivity contribution in [3.8, 4) is 0 Å². The van der Waals surface area contributed by atoms with Crippen molar-refractivity contribution in [2.45, 2.75) is 168 Å². The van der Waals surface area contributed by atoms with Crippen LogP contribution in [0.25, 0.3) is 32.7 Å². The number of nitrogens with zero attached hydrogens (tertiary/aromatic N) is 4. The zero-order valence-corrected chi connectivity index (χ0v) is 66.6. The molecule has 32 heteroatoms. The summed E-state index contributed by atoms with van der Waals surface area (Å²) >= 11 is 0. The number of nitrogens with two attached hydrogens (primary N) is 1. The van der Waals surface area contributed by atoms with Gasteiger partial charge in [0, 0.05) is 71.6 Å². The van der Waals surface area contributed by atoms with Gasteiger partial charge in [0.05, 0.1) is 66.1 Å². The Kier molecular flexibility index (Phi) is 41.1. The number of rotatable bonds is 15. The van der Waals surface area contributed by atoms with Crippen molar-refractivity contribution in [1.29, 1.82) is 0 Å². The van der Waals surface area contributed by atoms with E-state index in [-0.39, 0.29) is 125 Å². The van der Waals surface area contributed by atoms with Crippen LogP contribution in [0.4, 0.5) is 0 Å². The first kappa shape index (κ1) is 94.6. The minimum absolute atomic E-state index is 0. The lowest BCUT2D eigenvalue weighted by Crippen LogP contribution is -2.44. The van der Waals surface area contributed by atoms with E-state index in [1.165, 1.54) is 88.3 Å². The van der Waals surface area contributed by atoms with Gasteiger partial charge in [0.1, 0.15) is 26.5 Å². The monoisotopic (exact) mass is 1570 g/mol. The van der Waals surface area contributed by atoms with Gasteiger partial charge in [-0.05, 0) is 77.1 Å². The minimum atomic E-state index is -4.46. The highest BCUT2D eigenvalue weighted by atomic mass is 35.7. The number of fused-ring (bicyclic) bond motifs is 3. The van der Waals surface area contributed by atoms with Gasteiger partial charge in [-0.15, -0.1) is 0 Å². The Bertz CT molecular complexity index is 4600. The molecule has 11 rings (SSSR count). The second-order valence-electron chi connectivity index (χ2n) is 20.4. The molecule has 5 aromatic carbocycles. The summed E-state index contributed by atoms with van der Waals surface area (Å²) < 4.78 is 162. The molecule has 3 aliphatic rings. The molecule has 3 unspecified atom stereocenters. The molecular weight excluding hydrogens is 1460 g/mol. The number of carbonyl (C=O) groups is 4. The molecule has 580 valence electrons. The topological polar surface area (TPSA) is 355 Å². The molecule has 3 saturated heterocycles. The van der Waals surface area contributed by atoms with E-state index in [0.717, 1.165) is 10.5 Å². The predicted molar refractivity (Wildman–Crippen MR) is 410 cm³/mol. The Hall–Kier alpha value is -7.40. The molecule has 1 amide bonds. The van der Waals surface area contributed by atoms with E-state index in [1.807, 2.05) is 90.0 Å². The molecule has 0 spiro atoms. The number of ketones is 1. The maximum Gasteiger partial charge on any atom is 0.357 e. The van der Waals surface area contributed by atoms with Gasteiger partial charge in [-0.2, -0.15) is 8.61 Å². The Morgan fingerprint density at radius 3 is 1.22 bits per heavy atom. The number of hydrogen-bond donors (Lipinski definition) is 3. The van der Waals surface area contributed by atoms with Gasteiger partial charge in [0.2, 0.25) is 20.0 Å². The van der Waals surface area contributed by atoms with E-state index in [4.69, 9.17) is 40.1 Å². The number of benzene rings is 5. The van der Waals surface area contributed by atoms with Crippen LogP contribution >= 0.6 is 10.7 Å². The van der Waals surface area contributed by atoms with Crippen LogP contribution in [0.1, 0.15) is 157 Å². The van der Waals surface area contributed by atoms with Crippen molar-refractivity contribution in [2.24, 2.45) is 5.73 Å². The Labute approximate surface area is 620 Å². The number of amides is 1. The van der Waals surface area contributed by atoms with Gasteiger partial charge < -0.3 is 39.7 Å². The van der Waals surface area contributed by atoms with Gasteiger partial charge in [-0.1, -0.05) is 182 Å². The van der Waals surface area contributed by atoms with Crippen LogP contribution in [0.2, 0.25) is 0 Å². The van der Waals surface area contributed by atoms with Crippen molar-refractivity contribution in [1.82, 2.24) is 26.9 Å². The summed E-state index contributed by atoms with van der Waals surface area (Å²) in [6.07, 6.45) is -0.731. The van der Waals surface area contributed by atoms with Crippen LogP contribution in [0, 0.1) is 0 Å². The third kappa shape index (κ3) is 23.1. The first-order chi connectivity index (χ1) is 49.1. The normalized spacial score (nSPS) is 15.9. The van der Waals surface area contributed by atoms with Gasteiger partial charge in [-0.3, -0.25) is 9.59 Å². The number of halogens is 1. The van der Waals surface area contributed by atoms with Crippen molar-refractivity contribution in [3.63, 3.8) is 0 Å². The van der Waals surface area contributed by atoms with Crippen molar-refractivity contribution in [2.75, 3.05) is 72.3 Å². The molecule has 26 nitrogen and oxygen atoms in total. The van der Waals surface area contributed by atoms with E-state index in [2.05, 4.69) is 10.3 Å². The fourth-order valence-electron chi connectivity index (χ4n) is 10.2. The van der Waals surface area contributed by atoms with Gasteiger partial charge in [0.15, 0.2) is 17.2 Å². The summed E-state index contributed by atoms with van der Waals surface area (Å²) in [5.41, 5.74) is 4.72. The molecule has 0 radical (unpaired) electrons. The molecule has 3 fully saturated rings. The number of nitrogens with one attached hydrogen (secondary N) is 2. The van der Waals surface area contributed by atoms with Crippen molar-refractivity contribution < 1.29 is 85.0 Å². The molecule has 104 heavy (non-hydrogen) atoms. The molecule has 3 atom stereocenters. The number of primary amides is 1. The zero-order valence-electron chi connectivity index (χ0n) is 61.8. The standard InChI is InChI=1S/C22H24N2O7S2.C17H14ClNO6S2.C14H17N3O4S.C6H11NO2.6C2H6.CH4/c1-3-30-22(25)20-21(33(28,29)23-13-14-31-16(2)15-23)18-11-7-8-12-19(18)24(20)32(26,27)17-9-5-4-6-10-17;1-2-25-17(20)15-16(26(18,21)22)13-10-6-7-11-14(13)19(15)27(23,24)12-8-4-3-5-9-12;1-9-8-17(6-7-21-9)22(19,20)13-10-4-2-3-5-11(10)16-12(13)14(15)18;1-5(8)6-4-7-2-3-9-6;6*1-2;/h4-12,16H,3,13-15H2,1-2H3;3-11H,2H2,1H3;2-5,9,16H,6-8H2,1H3,(H2,15,18);6-7H,2-4H2,1H3;6*1-2H3;1H4. The second kappa shape index (κ2) is 45.2. The van der Waals surface area contributed by atoms with Crippen LogP contribution in [0.5, 0.6) is 0 Å². The molecule has 8 aromatic rings. The van der Waals surface area contributed by atoms with E-state index < -0.39 is 83.3 Å². The fourth-order valence-corrected chi connectivity index (χ4v) is 18.4. The average Bonchev–Trinajstić information content (AvgIpc) is 1.57. The molecular formula is C72H106ClN7O19S5. The van der Waals surface area contributed by atoms with E-state index in [0.29, 0.717) is 34.6 Å². The molecule has 0 aliphatic carbocycles. The summed E-state index contributed by atoms with van der Waals surface area (Å²) in [7, 11) is -15.6. The highest BCUT2D eigenvalue weighted by Gasteiger charge is 2.42. The number of carbonyl (C=O) groups excluding carboxylic acids is 4. The summed E-state index contributed by atoms with van der Waals surface area (Å²) in [5, 5.41) is 3.67. The van der Waals surface area contributed by atoms with Crippen LogP contribution in [0.3, 0.4) is 0 Å². The lowest BCUT2D eigenvalue weighted by molar-refractivity contribution is -0.129. The molecule has 3 aliphatic heterocycles. The number of ether oxygens (including phenoxy) is 5. The Morgan fingerprint density at radius 2 is 0.865 bits per heavy atom.